The number of anilines is 4. The Morgan fingerprint density at radius 1 is 0.385 bits per heavy atom. The third-order valence-corrected chi connectivity index (χ3v) is 12.5. The van der Waals surface area contributed by atoms with Gasteiger partial charge in [-0.2, -0.15) is 52.7 Å². The van der Waals surface area contributed by atoms with E-state index < -0.39 is 110 Å². The number of aryl methyl sites for hydroxylation is 2. The fourth-order valence-corrected chi connectivity index (χ4v) is 8.53. The molecule has 0 aliphatic heterocycles. The molecule has 0 aliphatic rings. The molecular formula is C55H40F12N4O7. The molecule has 0 saturated heterocycles. The van der Waals surface area contributed by atoms with E-state index in [-0.39, 0.29) is 45.0 Å². The summed E-state index contributed by atoms with van der Waals surface area (Å²) in [6, 6.07) is 23.7. The summed E-state index contributed by atoms with van der Waals surface area (Å²) >= 11 is 0. The number of ether oxygens (including phenoxy) is 1. The van der Waals surface area contributed by atoms with Gasteiger partial charge in [0.15, 0.2) is 0 Å². The first kappa shape index (κ1) is 56.7. The first-order valence-corrected chi connectivity index (χ1v) is 22.7. The van der Waals surface area contributed by atoms with Gasteiger partial charge in [0, 0.05) is 35.0 Å². The quantitative estimate of drug-likeness (QED) is 0.0494. The van der Waals surface area contributed by atoms with Gasteiger partial charge in [-0.15, -0.1) is 0 Å². The molecule has 0 spiro atoms. The third-order valence-electron chi connectivity index (χ3n) is 12.5. The van der Waals surface area contributed by atoms with Gasteiger partial charge in [-0.3, -0.25) is 19.2 Å². The van der Waals surface area contributed by atoms with Gasteiger partial charge in [0.05, 0.1) is 11.4 Å². The minimum Gasteiger partial charge on any atom is -0.506 e. The van der Waals surface area contributed by atoms with Gasteiger partial charge in [0.2, 0.25) is 16.7 Å². The number of hydrogen-bond acceptors (Lipinski definition) is 7. The van der Waals surface area contributed by atoms with Crippen LogP contribution in [0.4, 0.5) is 75.4 Å². The number of nitrogens with one attached hydrogen (secondary N) is 4. The minimum atomic E-state index is -6.10. The molecule has 0 aliphatic carbocycles. The van der Waals surface area contributed by atoms with E-state index in [1.807, 2.05) is 5.32 Å². The Bertz CT molecular complexity index is 3390. The molecule has 4 amide bonds. The van der Waals surface area contributed by atoms with Crippen molar-refractivity contribution >= 4 is 46.4 Å². The summed E-state index contributed by atoms with van der Waals surface area (Å²) in [6.45, 7) is 3.59. The van der Waals surface area contributed by atoms with Crippen molar-refractivity contribution < 1.29 is 86.8 Å². The first-order chi connectivity index (χ1) is 36.4. The second kappa shape index (κ2) is 21.2. The minimum absolute atomic E-state index is 0.0363. The van der Waals surface area contributed by atoms with E-state index in [1.54, 1.807) is 6.07 Å². The summed E-state index contributed by atoms with van der Waals surface area (Å²) in [5.74, 6) is -5.42. The average molecular weight is 1100 g/mol. The molecule has 7 aromatic carbocycles. The van der Waals surface area contributed by atoms with E-state index in [0.717, 1.165) is 31.2 Å². The fraction of sp³-hybridized carbons (Fsp3) is 0.164. The summed E-state index contributed by atoms with van der Waals surface area (Å²) in [6.07, 6.45) is -24.4. The van der Waals surface area contributed by atoms with Crippen molar-refractivity contribution in [2.45, 2.75) is 56.3 Å². The van der Waals surface area contributed by atoms with Crippen LogP contribution in [0, 0.1) is 13.8 Å². The molecule has 23 heteroatoms. The highest BCUT2D eigenvalue weighted by molar-refractivity contribution is 6.06. The highest BCUT2D eigenvalue weighted by atomic mass is 19.4. The van der Waals surface area contributed by atoms with Gasteiger partial charge in [-0.25, -0.2) is 0 Å². The van der Waals surface area contributed by atoms with Gasteiger partial charge < -0.3 is 36.2 Å². The number of alkyl halides is 12. The number of carbonyl (C=O) groups is 4. The van der Waals surface area contributed by atoms with E-state index in [9.17, 15) is 29.4 Å². The van der Waals surface area contributed by atoms with Crippen LogP contribution in [0.25, 0.3) is 0 Å². The van der Waals surface area contributed by atoms with Gasteiger partial charge in [0.25, 0.3) is 17.7 Å². The Balaban J connectivity index is 1.08. The van der Waals surface area contributed by atoms with Crippen molar-refractivity contribution in [2.24, 2.45) is 0 Å². The Kier molecular flexibility index (Phi) is 15.4. The number of aromatic hydroxyl groups is 2. The summed E-state index contributed by atoms with van der Waals surface area (Å²) in [7, 11) is 0. The highest BCUT2D eigenvalue weighted by Gasteiger charge is 2.74. The van der Waals surface area contributed by atoms with Crippen molar-refractivity contribution in [3.05, 3.63) is 202 Å². The molecule has 6 N–H and O–H groups in total. The van der Waals surface area contributed by atoms with Crippen LogP contribution < -0.4 is 26.0 Å². The molecule has 0 bridgehead atoms. The third kappa shape index (κ3) is 11.0. The number of amides is 4. The molecular weight excluding hydrogens is 1060 g/mol. The molecule has 0 aromatic heterocycles. The van der Waals surface area contributed by atoms with Crippen molar-refractivity contribution in [3.63, 3.8) is 0 Å². The number of carbonyl (C=O) groups excluding carboxylic acids is 4. The predicted octanol–water partition coefficient (Wildman–Crippen LogP) is 14.0. The molecule has 78 heavy (non-hydrogen) atoms. The van der Waals surface area contributed by atoms with Gasteiger partial charge in [-0.05, 0) is 144 Å². The van der Waals surface area contributed by atoms with E-state index in [4.69, 9.17) is 4.74 Å². The van der Waals surface area contributed by atoms with Crippen LogP contribution in [0.2, 0.25) is 0 Å². The summed E-state index contributed by atoms with van der Waals surface area (Å²) in [5.41, 5.74) is -17.6. The lowest BCUT2D eigenvalue weighted by molar-refractivity contribution is -0.290. The van der Waals surface area contributed by atoms with E-state index >= 15 is 52.7 Å². The lowest BCUT2D eigenvalue weighted by Gasteiger charge is -2.39. The van der Waals surface area contributed by atoms with Crippen LogP contribution in [0.5, 0.6) is 23.0 Å². The van der Waals surface area contributed by atoms with Gasteiger partial charge >= 0.3 is 24.7 Å². The Labute approximate surface area is 434 Å². The molecule has 0 atom stereocenters. The van der Waals surface area contributed by atoms with E-state index in [2.05, 4.69) is 16.0 Å². The normalized spacial score (nSPS) is 12.3. The van der Waals surface area contributed by atoms with Crippen molar-refractivity contribution in [1.82, 2.24) is 0 Å². The monoisotopic (exact) mass is 1100 g/mol. The highest BCUT2D eigenvalue weighted by Crippen LogP contribution is 2.59. The second-order valence-electron chi connectivity index (χ2n) is 17.6. The molecule has 0 saturated carbocycles. The van der Waals surface area contributed by atoms with Crippen LogP contribution in [-0.2, 0) is 15.6 Å². The molecule has 0 radical (unpaired) electrons. The predicted molar refractivity (Wildman–Crippen MR) is 262 cm³/mol. The largest absolute Gasteiger partial charge is 0.506 e. The van der Waals surface area contributed by atoms with Gasteiger partial charge in [0.1, 0.15) is 23.0 Å². The van der Waals surface area contributed by atoms with Crippen LogP contribution in [-0.4, -0.2) is 58.5 Å². The number of hydrogen-bond donors (Lipinski definition) is 6. The summed E-state index contributed by atoms with van der Waals surface area (Å²) in [5, 5.41) is 29.5. The number of benzene rings is 7. The summed E-state index contributed by atoms with van der Waals surface area (Å²) < 4.78 is 187. The average Bonchev–Trinajstić information content (AvgIpc) is 3.39. The Hall–Kier alpha value is -9.02. The Morgan fingerprint density at radius 2 is 0.679 bits per heavy atom. The lowest BCUT2D eigenvalue weighted by Crippen LogP contribution is -2.54. The van der Waals surface area contributed by atoms with Crippen molar-refractivity contribution in [2.75, 3.05) is 21.3 Å². The maximum Gasteiger partial charge on any atom is 0.411 e. The molecule has 7 aromatic rings. The van der Waals surface area contributed by atoms with Gasteiger partial charge in [-0.1, -0.05) is 54.6 Å². The first-order valence-electron chi connectivity index (χ1n) is 22.7. The zero-order valence-electron chi connectivity index (χ0n) is 40.4. The Morgan fingerprint density at radius 3 is 1.01 bits per heavy atom. The maximum atomic E-state index is 15.2. The number of halogens is 12. The molecule has 0 unspecified atom stereocenters. The van der Waals surface area contributed by atoms with Crippen LogP contribution in [0.3, 0.4) is 0 Å². The number of phenolic OH excluding ortho intramolecular Hbond substituents is 2. The standard InChI is InChI=1S/C55H40F12N4O7/c1-29-9-16-36(25-41(29)69-47(75)32-7-5-4-6-8-32)51(54(62,63)64,55(65,66)67)38-18-24-46(74)44(28-38)71-49(77)34-13-21-40(22-14-34)78-39-19-11-33(12-20-39)48(76)70-42-26-35(15-10-30(42)2)50(52(56,57)58,53(59,60)61)37-17-23-45(73)43(27-37)68-31(3)72/h4-28,73-74H,1-3H3,(H,68,72)(H,69,75)(H,70,76)(H,71,77). The molecule has 7 rings (SSSR count). The van der Waals surface area contributed by atoms with Crippen LogP contribution >= 0.6 is 0 Å². The molecule has 0 fully saturated rings. The zero-order valence-corrected chi connectivity index (χ0v) is 40.4. The van der Waals surface area contributed by atoms with E-state index in [1.165, 1.54) is 74.5 Å². The fourth-order valence-electron chi connectivity index (χ4n) is 8.53. The maximum absolute atomic E-state index is 15.2. The summed E-state index contributed by atoms with van der Waals surface area (Å²) in [4.78, 5) is 51.3. The van der Waals surface area contributed by atoms with E-state index in [0.29, 0.717) is 60.7 Å². The molecule has 406 valence electrons. The van der Waals surface area contributed by atoms with Crippen LogP contribution in [0.15, 0.2) is 152 Å². The second-order valence-corrected chi connectivity index (χ2v) is 17.6. The van der Waals surface area contributed by atoms with Crippen LogP contribution in [0.1, 0.15) is 71.4 Å². The molecule has 11 nitrogen and oxygen atoms in total. The smallest absolute Gasteiger partial charge is 0.411 e. The number of phenols is 2. The zero-order chi connectivity index (χ0) is 57.3. The number of rotatable bonds is 13. The van der Waals surface area contributed by atoms with Crippen molar-refractivity contribution in [1.29, 1.82) is 0 Å². The SMILES string of the molecule is CC(=O)Nc1cc(C(c2ccc(C)c(NC(=O)c3ccc(Oc4ccc(C(=O)Nc5cc(C(c6ccc(C)c(NC(=O)c7ccccc7)c6)(C(F)(F)F)C(F)(F)F)ccc5O)cc4)cc3)c2)(C(F)(F)F)C(F)(F)F)ccc1O. The van der Waals surface area contributed by atoms with Crippen molar-refractivity contribution in [3.8, 4) is 23.0 Å². The molecule has 0 heterocycles. The lowest BCUT2D eigenvalue weighted by atomic mass is 9.72. The topological polar surface area (TPSA) is 166 Å².